The first kappa shape index (κ1) is 20.0. The zero-order valence-corrected chi connectivity index (χ0v) is 18.6. The summed E-state index contributed by atoms with van der Waals surface area (Å²) < 4.78 is 13.0. The fraction of sp³-hybridized carbons (Fsp3) is 0.192. The third-order valence-corrected chi connectivity index (χ3v) is 6.25. The number of rotatable bonds is 5. The quantitative estimate of drug-likeness (QED) is 0.354. The number of aryl methyl sites for hydroxylation is 1. The molecule has 0 fully saturated rings. The Morgan fingerprint density at radius 2 is 1.77 bits per heavy atom. The summed E-state index contributed by atoms with van der Waals surface area (Å²) in [6, 6.07) is 21.9. The largest absolute Gasteiger partial charge is 0.478 e. The van der Waals surface area contributed by atoms with Crippen LogP contribution < -0.4 is 10.2 Å². The molecule has 0 radical (unpaired) electrons. The predicted molar refractivity (Wildman–Crippen MR) is 126 cm³/mol. The van der Waals surface area contributed by atoms with E-state index in [2.05, 4.69) is 45.1 Å². The third kappa shape index (κ3) is 4.16. The molecule has 0 unspecified atom stereocenters. The van der Waals surface area contributed by atoms with E-state index in [1.807, 2.05) is 42.5 Å². The topological polar surface area (TPSA) is 42.7 Å². The second-order valence-electron chi connectivity index (χ2n) is 7.82. The summed E-state index contributed by atoms with van der Waals surface area (Å²) in [4.78, 5) is 15.4. The second kappa shape index (κ2) is 8.69. The van der Waals surface area contributed by atoms with E-state index in [1.54, 1.807) is 6.26 Å². The third-order valence-electron chi connectivity index (χ3n) is 5.72. The van der Waals surface area contributed by atoms with Crippen LogP contribution >= 0.6 is 15.9 Å². The Morgan fingerprint density at radius 1 is 0.968 bits per heavy atom. The molecule has 31 heavy (non-hydrogen) atoms. The van der Waals surface area contributed by atoms with Crippen molar-refractivity contribution in [3.63, 3.8) is 0 Å². The van der Waals surface area contributed by atoms with Gasteiger partial charge in [0.15, 0.2) is 0 Å². The van der Waals surface area contributed by atoms with E-state index in [0.29, 0.717) is 29.8 Å². The molecule has 1 aliphatic rings. The van der Waals surface area contributed by atoms with Gasteiger partial charge < -0.3 is 9.15 Å². The van der Waals surface area contributed by atoms with E-state index in [1.165, 1.54) is 5.56 Å². The molecule has 1 aliphatic heterocycles. The van der Waals surface area contributed by atoms with Crippen LogP contribution in [0.15, 0.2) is 86.7 Å². The van der Waals surface area contributed by atoms with Crippen LogP contribution in [0.1, 0.15) is 17.5 Å². The summed E-state index contributed by atoms with van der Waals surface area (Å²) in [7, 11) is 0. The molecule has 4 aromatic rings. The molecule has 5 rings (SSSR count). The van der Waals surface area contributed by atoms with Gasteiger partial charge in [0.1, 0.15) is 24.3 Å². The molecule has 5 heteroatoms. The number of hydrogen-bond donors (Lipinski definition) is 0. The van der Waals surface area contributed by atoms with Crippen LogP contribution in [0.4, 0.5) is 0 Å². The highest BCUT2D eigenvalue weighted by Crippen LogP contribution is 2.32. The van der Waals surface area contributed by atoms with E-state index < -0.39 is 0 Å². The Morgan fingerprint density at radius 3 is 2.58 bits per heavy atom. The normalized spacial score (nSPS) is 13.7. The molecule has 0 saturated heterocycles. The van der Waals surface area contributed by atoms with Crippen LogP contribution in [0.3, 0.4) is 0 Å². The van der Waals surface area contributed by atoms with Crippen molar-refractivity contribution in [2.75, 3.05) is 13.3 Å². The van der Waals surface area contributed by atoms with Gasteiger partial charge in [-0.3, -0.25) is 9.69 Å². The zero-order valence-electron chi connectivity index (χ0n) is 17.0. The van der Waals surface area contributed by atoms with Crippen LogP contribution in [0.5, 0.6) is 5.75 Å². The molecule has 0 bridgehead atoms. The van der Waals surface area contributed by atoms with Gasteiger partial charge in [-0.15, -0.1) is 0 Å². The summed E-state index contributed by atoms with van der Waals surface area (Å²) in [6.45, 7) is 2.18. The summed E-state index contributed by atoms with van der Waals surface area (Å²) in [6.07, 6.45) is 3.65. The Kier molecular flexibility index (Phi) is 5.62. The summed E-state index contributed by atoms with van der Waals surface area (Å²) in [5.41, 5.74) is 4.30. The molecule has 0 amide bonds. The van der Waals surface area contributed by atoms with E-state index in [-0.39, 0.29) is 5.43 Å². The highest BCUT2D eigenvalue weighted by molar-refractivity contribution is 9.10. The van der Waals surface area contributed by atoms with Crippen molar-refractivity contribution in [2.24, 2.45) is 0 Å². The molecule has 3 aromatic carbocycles. The van der Waals surface area contributed by atoms with Gasteiger partial charge in [-0.1, -0.05) is 58.4 Å². The summed E-state index contributed by atoms with van der Waals surface area (Å²) >= 11 is 3.43. The number of fused-ring (bicyclic) bond motifs is 3. The lowest BCUT2D eigenvalue weighted by Crippen LogP contribution is -2.33. The standard InChI is InChI=1S/C26H22BrNO3/c27-20-10-8-19(9-11-20)23-16-30-26-21(25(23)29)12-13-24-22(26)15-28(17-31-24)14-4-7-18-5-2-1-3-6-18/h1-3,5-6,8-13,16H,4,7,14-15,17H2. The summed E-state index contributed by atoms with van der Waals surface area (Å²) in [5, 5.41) is 0.592. The fourth-order valence-electron chi connectivity index (χ4n) is 4.08. The molecule has 1 aromatic heterocycles. The molecule has 0 N–H and O–H groups in total. The first-order valence-electron chi connectivity index (χ1n) is 10.4. The van der Waals surface area contributed by atoms with Crippen LogP contribution in [0, 0.1) is 0 Å². The van der Waals surface area contributed by atoms with Crippen molar-refractivity contribution < 1.29 is 9.15 Å². The van der Waals surface area contributed by atoms with Gasteiger partial charge in [-0.25, -0.2) is 0 Å². The van der Waals surface area contributed by atoms with Crippen molar-refractivity contribution in [3.05, 3.63) is 98.8 Å². The maximum atomic E-state index is 13.2. The molecule has 0 atom stereocenters. The lowest BCUT2D eigenvalue weighted by molar-refractivity contribution is 0.0946. The van der Waals surface area contributed by atoms with E-state index in [0.717, 1.165) is 40.7 Å². The zero-order chi connectivity index (χ0) is 21.2. The van der Waals surface area contributed by atoms with Crippen molar-refractivity contribution in [2.45, 2.75) is 19.4 Å². The van der Waals surface area contributed by atoms with Gasteiger partial charge >= 0.3 is 0 Å². The highest BCUT2D eigenvalue weighted by Gasteiger charge is 2.22. The van der Waals surface area contributed by atoms with Gasteiger partial charge in [-0.2, -0.15) is 0 Å². The first-order chi connectivity index (χ1) is 15.2. The number of ether oxygens (including phenoxy) is 1. The van der Waals surface area contributed by atoms with Crippen LogP contribution in [0.25, 0.3) is 22.1 Å². The first-order valence-corrected chi connectivity index (χ1v) is 11.2. The monoisotopic (exact) mass is 475 g/mol. The molecule has 156 valence electrons. The molecule has 4 nitrogen and oxygen atoms in total. The number of halogens is 1. The van der Waals surface area contributed by atoms with Crippen LogP contribution in [-0.4, -0.2) is 18.2 Å². The molecule has 0 aliphatic carbocycles. The van der Waals surface area contributed by atoms with E-state index in [4.69, 9.17) is 9.15 Å². The van der Waals surface area contributed by atoms with Crippen LogP contribution in [0.2, 0.25) is 0 Å². The Labute approximate surface area is 189 Å². The maximum Gasteiger partial charge on any atom is 0.200 e. The lowest BCUT2D eigenvalue weighted by atomic mass is 10.0. The van der Waals surface area contributed by atoms with Crippen molar-refractivity contribution in [1.82, 2.24) is 4.90 Å². The van der Waals surface area contributed by atoms with Crippen molar-refractivity contribution >= 4 is 26.9 Å². The summed E-state index contributed by atoms with van der Waals surface area (Å²) in [5.74, 6) is 0.798. The predicted octanol–water partition coefficient (Wildman–Crippen LogP) is 6.01. The van der Waals surface area contributed by atoms with Crippen LogP contribution in [-0.2, 0) is 13.0 Å². The average molecular weight is 476 g/mol. The van der Waals surface area contributed by atoms with Gasteiger partial charge in [-0.05, 0) is 48.2 Å². The maximum absolute atomic E-state index is 13.2. The average Bonchev–Trinajstić information content (AvgIpc) is 2.81. The van der Waals surface area contributed by atoms with Gasteiger partial charge in [0.2, 0.25) is 5.43 Å². The fourth-order valence-corrected chi connectivity index (χ4v) is 4.34. The molecule has 2 heterocycles. The molecule has 0 spiro atoms. The second-order valence-corrected chi connectivity index (χ2v) is 8.74. The number of nitrogens with zero attached hydrogens (tertiary/aromatic N) is 1. The SMILES string of the molecule is O=c1c(-c2ccc(Br)cc2)coc2c3c(ccc12)OCN(CCCc1ccccc1)C3. The number of hydrogen-bond acceptors (Lipinski definition) is 4. The highest BCUT2D eigenvalue weighted by atomic mass is 79.9. The molecular weight excluding hydrogens is 454 g/mol. The van der Waals surface area contributed by atoms with Gasteiger partial charge in [0, 0.05) is 17.6 Å². The minimum atomic E-state index is -0.0208. The van der Waals surface area contributed by atoms with Crippen molar-refractivity contribution in [3.8, 4) is 16.9 Å². The lowest BCUT2D eigenvalue weighted by Gasteiger charge is -2.29. The van der Waals surface area contributed by atoms with E-state index in [9.17, 15) is 4.79 Å². The molecule has 0 saturated carbocycles. The smallest absolute Gasteiger partial charge is 0.200 e. The van der Waals surface area contributed by atoms with Gasteiger partial charge in [0.05, 0.1) is 16.5 Å². The van der Waals surface area contributed by atoms with E-state index >= 15 is 0 Å². The van der Waals surface area contributed by atoms with Gasteiger partial charge in [0.25, 0.3) is 0 Å². The Balaban J connectivity index is 1.39. The number of benzene rings is 3. The minimum absolute atomic E-state index is 0.0208. The minimum Gasteiger partial charge on any atom is -0.478 e. The Bertz CT molecular complexity index is 1270. The van der Waals surface area contributed by atoms with Crippen molar-refractivity contribution in [1.29, 1.82) is 0 Å². The molecular formula is C26H22BrNO3. The Hall–Kier alpha value is -2.89.